The highest BCUT2D eigenvalue weighted by molar-refractivity contribution is 5.44. The molecular formula is C11H8F6N4. The van der Waals surface area contributed by atoms with Gasteiger partial charge >= 0.3 is 12.4 Å². The first-order chi connectivity index (χ1) is 9.61. The normalized spacial score (nSPS) is 12.5. The summed E-state index contributed by atoms with van der Waals surface area (Å²) in [4.78, 5) is 3.75. The molecule has 10 heteroatoms. The van der Waals surface area contributed by atoms with Gasteiger partial charge in [0.2, 0.25) is 0 Å². The minimum Gasteiger partial charge on any atom is -0.373 e. The lowest BCUT2D eigenvalue weighted by molar-refractivity contribution is -0.138. The Balaban J connectivity index is 2.51. The van der Waals surface area contributed by atoms with Crippen LogP contribution in [0.15, 0.2) is 24.5 Å². The van der Waals surface area contributed by atoms with Gasteiger partial charge in [0.25, 0.3) is 0 Å². The molecule has 2 rings (SSSR count). The van der Waals surface area contributed by atoms with Crippen LogP contribution in [0, 0.1) is 0 Å². The SMILES string of the molecule is CNc1cc(C(F)(F)F)cc(-n2cc(C(F)(F)F)cn2)n1. The van der Waals surface area contributed by atoms with E-state index in [0.717, 1.165) is 6.07 Å². The first-order valence-corrected chi connectivity index (χ1v) is 5.50. The van der Waals surface area contributed by atoms with Gasteiger partial charge in [0.1, 0.15) is 5.82 Å². The van der Waals surface area contributed by atoms with Gasteiger partial charge in [-0.25, -0.2) is 9.67 Å². The van der Waals surface area contributed by atoms with Crippen molar-refractivity contribution in [3.63, 3.8) is 0 Å². The summed E-state index contributed by atoms with van der Waals surface area (Å²) in [5, 5.41) is 5.80. The lowest BCUT2D eigenvalue weighted by atomic mass is 10.2. The summed E-state index contributed by atoms with van der Waals surface area (Å²) in [6, 6.07) is 1.37. The number of rotatable bonds is 2. The zero-order valence-corrected chi connectivity index (χ0v) is 10.4. The molecule has 114 valence electrons. The highest BCUT2D eigenvalue weighted by atomic mass is 19.4. The number of alkyl halides is 6. The van der Waals surface area contributed by atoms with Crippen molar-refractivity contribution >= 4 is 5.82 Å². The molecule has 0 saturated carbocycles. The van der Waals surface area contributed by atoms with Gasteiger partial charge < -0.3 is 5.32 Å². The third-order valence-corrected chi connectivity index (χ3v) is 2.54. The maximum Gasteiger partial charge on any atom is 0.419 e. The number of hydrogen-bond donors (Lipinski definition) is 1. The molecule has 2 aromatic rings. The molecule has 0 aromatic carbocycles. The monoisotopic (exact) mass is 310 g/mol. The maximum atomic E-state index is 12.7. The van der Waals surface area contributed by atoms with Crippen LogP contribution >= 0.6 is 0 Å². The summed E-state index contributed by atoms with van der Waals surface area (Å²) in [7, 11) is 1.34. The molecule has 21 heavy (non-hydrogen) atoms. The largest absolute Gasteiger partial charge is 0.419 e. The first kappa shape index (κ1) is 15.1. The van der Waals surface area contributed by atoms with Crippen LogP contribution in [0.4, 0.5) is 32.2 Å². The molecule has 0 fully saturated rings. The third kappa shape index (κ3) is 3.26. The Morgan fingerprint density at radius 2 is 1.62 bits per heavy atom. The average Bonchev–Trinajstić information content (AvgIpc) is 2.86. The van der Waals surface area contributed by atoms with Crippen molar-refractivity contribution in [3.05, 3.63) is 35.7 Å². The molecule has 0 aliphatic carbocycles. The van der Waals surface area contributed by atoms with E-state index in [4.69, 9.17) is 0 Å². The molecule has 0 unspecified atom stereocenters. The summed E-state index contributed by atoms with van der Waals surface area (Å²) in [5.41, 5.74) is -2.12. The molecule has 0 aliphatic rings. The van der Waals surface area contributed by atoms with Gasteiger partial charge in [0.15, 0.2) is 5.82 Å². The molecule has 0 bridgehead atoms. The smallest absolute Gasteiger partial charge is 0.373 e. The quantitative estimate of drug-likeness (QED) is 0.865. The average molecular weight is 310 g/mol. The van der Waals surface area contributed by atoms with Crippen molar-refractivity contribution in [2.75, 3.05) is 12.4 Å². The molecular weight excluding hydrogens is 302 g/mol. The summed E-state index contributed by atoms with van der Waals surface area (Å²) >= 11 is 0. The first-order valence-electron chi connectivity index (χ1n) is 5.50. The minimum absolute atomic E-state index is 0.135. The number of aromatic nitrogens is 3. The minimum atomic E-state index is -4.65. The van der Waals surface area contributed by atoms with Crippen molar-refractivity contribution in [3.8, 4) is 5.82 Å². The van der Waals surface area contributed by atoms with Crippen molar-refractivity contribution < 1.29 is 26.3 Å². The summed E-state index contributed by atoms with van der Waals surface area (Å²) < 4.78 is 76.2. The van der Waals surface area contributed by atoms with Gasteiger partial charge in [-0.3, -0.25) is 0 Å². The summed E-state index contributed by atoms with van der Waals surface area (Å²) in [6.45, 7) is 0. The van der Waals surface area contributed by atoms with Gasteiger partial charge in [-0.05, 0) is 12.1 Å². The Morgan fingerprint density at radius 1 is 1.00 bits per heavy atom. The van der Waals surface area contributed by atoms with Crippen LogP contribution < -0.4 is 5.32 Å². The fraction of sp³-hybridized carbons (Fsp3) is 0.273. The van der Waals surface area contributed by atoms with E-state index < -0.39 is 23.5 Å². The van der Waals surface area contributed by atoms with Crippen LogP contribution in [0.1, 0.15) is 11.1 Å². The predicted molar refractivity (Wildman–Crippen MR) is 60.9 cm³/mol. The van der Waals surface area contributed by atoms with E-state index in [1.165, 1.54) is 7.05 Å². The fourth-order valence-corrected chi connectivity index (χ4v) is 1.52. The van der Waals surface area contributed by atoms with Crippen LogP contribution in [0.3, 0.4) is 0 Å². The number of anilines is 1. The Kier molecular flexibility index (Phi) is 3.56. The van der Waals surface area contributed by atoms with Crippen molar-refractivity contribution in [1.29, 1.82) is 0 Å². The van der Waals surface area contributed by atoms with E-state index in [1.54, 1.807) is 0 Å². The predicted octanol–water partition coefficient (Wildman–Crippen LogP) is 3.35. The summed E-state index contributed by atoms with van der Waals surface area (Å²) in [6.07, 6.45) is -8.20. The van der Waals surface area contributed by atoms with Gasteiger partial charge in [-0.2, -0.15) is 31.4 Å². The second kappa shape index (κ2) is 4.93. The molecule has 0 aliphatic heterocycles. The second-order valence-electron chi connectivity index (χ2n) is 4.02. The van der Waals surface area contributed by atoms with Gasteiger partial charge in [-0.1, -0.05) is 0 Å². The molecule has 4 nitrogen and oxygen atoms in total. The number of nitrogens with zero attached hydrogens (tertiary/aromatic N) is 3. The van der Waals surface area contributed by atoms with Crippen LogP contribution in [0.5, 0.6) is 0 Å². The lowest BCUT2D eigenvalue weighted by Gasteiger charge is -2.11. The lowest BCUT2D eigenvalue weighted by Crippen LogP contribution is -2.10. The highest BCUT2D eigenvalue weighted by Crippen LogP contribution is 2.32. The third-order valence-electron chi connectivity index (χ3n) is 2.54. The van der Waals surface area contributed by atoms with Crippen molar-refractivity contribution in [2.45, 2.75) is 12.4 Å². The zero-order valence-electron chi connectivity index (χ0n) is 10.4. The zero-order chi connectivity index (χ0) is 15.8. The van der Waals surface area contributed by atoms with E-state index in [1.807, 2.05) is 0 Å². The molecule has 0 radical (unpaired) electrons. The van der Waals surface area contributed by atoms with Crippen LogP contribution in [0.2, 0.25) is 0 Å². The number of hydrogen-bond acceptors (Lipinski definition) is 3. The van der Waals surface area contributed by atoms with Crippen LogP contribution in [0.25, 0.3) is 5.82 Å². The van der Waals surface area contributed by atoms with Crippen LogP contribution in [-0.4, -0.2) is 21.8 Å². The number of pyridine rings is 1. The Labute approximate surface area is 114 Å². The van der Waals surface area contributed by atoms with E-state index in [2.05, 4.69) is 15.4 Å². The standard InChI is InChI=1S/C11H8F6N4/c1-18-8-2-6(10(12,13)14)3-9(20-8)21-5-7(4-19-21)11(15,16)17/h2-5H,1H3,(H,18,20). The van der Waals surface area contributed by atoms with Crippen LogP contribution in [-0.2, 0) is 12.4 Å². The van der Waals surface area contributed by atoms with Crippen molar-refractivity contribution in [1.82, 2.24) is 14.8 Å². The Morgan fingerprint density at radius 3 is 2.10 bits per heavy atom. The molecule has 0 saturated heterocycles. The van der Waals surface area contributed by atoms with Crippen molar-refractivity contribution in [2.24, 2.45) is 0 Å². The second-order valence-corrected chi connectivity index (χ2v) is 4.02. The van der Waals surface area contributed by atoms with E-state index in [0.29, 0.717) is 23.1 Å². The topological polar surface area (TPSA) is 42.7 Å². The molecule has 2 heterocycles. The van der Waals surface area contributed by atoms with E-state index in [-0.39, 0.29) is 11.6 Å². The number of nitrogens with one attached hydrogen (secondary N) is 1. The molecule has 2 aromatic heterocycles. The van der Waals surface area contributed by atoms with E-state index in [9.17, 15) is 26.3 Å². The Hall–Kier alpha value is -2.26. The number of halogens is 6. The van der Waals surface area contributed by atoms with Gasteiger partial charge in [0.05, 0.1) is 17.3 Å². The molecule has 0 spiro atoms. The van der Waals surface area contributed by atoms with Gasteiger partial charge in [-0.15, -0.1) is 0 Å². The molecule has 1 N–H and O–H groups in total. The highest BCUT2D eigenvalue weighted by Gasteiger charge is 2.34. The van der Waals surface area contributed by atoms with E-state index >= 15 is 0 Å². The Bertz CT molecular complexity index is 643. The summed E-state index contributed by atoms with van der Waals surface area (Å²) in [5.74, 6) is -0.506. The fourth-order valence-electron chi connectivity index (χ4n) is 1.52. The molecule has 0 amide bonds. The van der Waals surface area contributed by atoms with Gasteiger partial charge in [0, 0.05) is 13.2 Å². The molecule has 0 atom stereocenters. The maximum absolute atomic E-state index is 12.7.